The van der Waals surface area contributed by atoms with Gasteiger partial charge in [-0.05, 0) is 37.5 Å². The first-order valence-corrected chi connectivity index (χ1v) is 9.08. The molecule has 0 radical (unpaired) electrons. The van der Waals surface area contributed by atoms with Gasteiger partial charge in [-0.1, -0.05) is 19.9 Å². The molecule has 1 saturated heterocycles. The Hall–Kier alpha value is -1.76. The van der Waals surface area contributed by atoms with Crippen molar-refractivity contribution in [2.45, 2.75) is 45.3 Å². The molecule has 0 aliphatic carbocycles. The monoisotopic (exact) mass is 372 g/mol. The molecule has 146 valence electrons. The molecule has 1 heterocycles. The number of benzene rings is 1. The molecule has 1 amide bonds. The third-order valence-electron chi connectivity index (χ3n) is 4.51. The van der Waals surface area contributed by atoms with Gasteiger partial charge in [0, 0.05) is 31.6 Å². The van der Waals surface area contributed by atoms with Crippen LogP contribution in [-0.2, 0) is 11.0 Å². The number of alkyl halides is 3. The molecular formula is C19H27F3N2O2. The summed E-state index contributed by atoms with van der Waals surface area (Å²) in [6.45, 7) is 6.80. The Kier molecular flexibility index (Phi) is 7.32. The fourth-order valence-electron chi connectivity index (χ4n) is 2.91. The maximum atomic E-state index is 12.7. The van der Waals surface area contributed by atoms with Gasteiger partial charge < -0.3 is 15.0 Å². The molecular weight excluding hydrogens is 345 g/mol. The minimum Gasteiger partial charge on any atom is -0.494 e. The van der Waals surface area contributed by atoms with E-state index >= 15 is 0 Å². The van der Waals surface area contributed by atoms with Crippen molar-refractivity contribution in [2.24, 2.45) is 5.92 Å². The summed E-state index contributed by atoms with van der Waals surface area (Å²) in [5, 5.41) is 3.06. The van der Waals surface area contributed by atoms with Crippen LogP contribution in [-0.4, -0.2) is 43.1 Å². The average Bonchev–Trinajstić information content (AvgIpc) is 2.59. The second-order valence-electron chi connectivity index (χ2n) is 7.01. The smallest absolute Gasteiger partial charge is 0.416 e. The zero-order chi connectivity index (χ0) is 19.2. The number of ether oxygens (including phenoxy) is 1. The number of carbonyl (C=O) groups excluding carboxylic acids is 1. The molecule has 1 aliphatic rings. The first kappa shape index (κ1) is 20.6. The highest BCUT2D eigenvalue weighted by Gasteiger charge is 2.30. The first-order chi connectivity index (χ1) is 12.3. The van der Waals surface area contributed by atoms with Crippen molar-refractivity contribution in [3.05, 3.63) is 29.8 Å². The normalized spacial score (nSPS) is 16.7. The highest BCUT2D eigenvalue weighted by atomic mass is 19.4. The van der Waals surface area contributed by atoms with Crippen LogP contribution >= 0.6 is 0 Å². The van der Waals surface area contributed by atoms with Crippen molar-refractivity contribution in [3.8, 4) is 5.75 Å². The minimum atomic E-state index is -4.35. The second-order valence-corrected chi connectivity index (χ2v) is 7.01. The van der Waals surface area contributed by atoms with E-state index < -0.39 is 11.7 Å². The molecule has 0 saturated carbocycles. The minimum absolute atomic E-state index is 0.000951. The van der Waals surface area contributed by atoms with Crippen LogP contribution in [0.15, 0.2) is 24.3 Å². The molecule has 1 aliphatic heterocycles. The molecule has 1 aromatic carbocycles. The number of nitrogens with one attached hydrogen (secondary N) is 1. The predicted octanol–water partition coefficient (Wildman–Crippen LogP) is 3.71. The van der Waals surface area contributed by atoms with E-state index in [-0.39, 0.29) is 23.6 Å². The third kappa shape index (κ3) is 6.52. The summed E-state index contributed by atoms with van der Waals surface area (Å²) in [6.07, 6.45) is -1.76. The number of amides is 1. The number of rotatable bonds is 7. The van der Waals surface area contributed by atoms with Crippen LogP contribution < -0.4 is 10.1 Å². The van der Waals surface area contributed by atoms with Gasteiger partial charge in [-0.15, -0.1) is 0 Å². The van der Waals surface area contributed by atoms with E-state index in [4.69, 9.17) is 4.74 Å². The predicted molar refractivity (Wildman–Crippen MR) is 94.0 cm³/mol. The molecule has 0 atom stereocenters. The number of nitrogens with zero attached hydrogens (tertiary/aromatic N) is 1. The highest BCUT2D eigenvalue weighted by Crippen LogP contribution is 2.31. The maximum Gasteiger partial charge on any atom is 0.416 e. The molecule has 1 N–H and O–H groups in total. The Morgan fingerprint density at radius 2 is 2.00 bits per heavy atom. The lowest BCUT2D eigenvalue weighted by atomic mass is 10.0. The summed E-state index contributed by atoms with van der Waals surface area (Å²) in [5.74, 6) is 0.342. The fraction of sp³-hybridized carbons (Fsp3) is 0.632. The maximum absolute atomic E-state index is 12.7. The molecule has 4 nitrogen and oxygen atoms in total. The van der Waals surface area contributed by atoms with E-state index in [1.54, 1.807) is 0 Å². The fourth-order valence-corrected chi connectivity index (χ4v) is 2.91. The summed E-state index contributed by atoms with van der Waals surface area (Å²) in [6, 6.07) is 5.20. The van der Waals surface area contributed by atoms with Crippen LogP contribution in [0.1, 0.15) is 38.7 Å². The number of piperidine rings is 1. The van der Waals surface area contributed by atoms with Crippen molar-refractivity contribution in [3.63, 3.8) is 0 Å². The molecule has 1 fully saturated rings. The topological polar surface area (TPSA) is 41.6 Å². The molecule has 1 aromatic rings. The van der Waals surface area contributed by atoms with E-state index in [1.165, 1.54) is 12.1 Å². The molecule has 0 aromatic heterocycles. The summed E-state index contributed by atoms with van der Waals surface area (Å²) in [4.78, 5) is 14.0. The summed E-state index contributed by atoms with van der Waals surface area (Å²) >= 11 is 0. The Labute approximate surface area is 152 Å². The average molecular weight is 372 g/mol. The first-order valence-electron chi connectivity index (χ1n) is 9.08. The van der Waals surface area contributed by atoms with Gasteiger partial charge in [0.05, 0.1) is 12.2 Å². The molecule has 7 heteroatoms. The van der Waals surface area contributed by atoms with Crippen molar-refractivity contribution >= 4 is 5.91 Å². The van der Waals surface area contributed by atoms with Crippen LogP contribution in [0.3, 0.4) is 0 Å². The summed E-state index contributed by atoms with van der Waals surface area (Å²) in [5.41, 5.74) is -0.694. The highest BCUT2D eigenvalue weighted by molar-refractivity contribution is 5.78. The zero-order valence-electron chi connectivity index (χ0n) is 15.3. The SMILES string of the molecule is CC(C)C(=O)NC1CCN(CCCOc2cccc(C(F)(F)F)c2)CC1. The quantitative estimate of drug-likeness (QED) is 0.742. The van der Waals surface area contributed by atoms with E-state index in [0.29, 0.717) is 6.61 Å². The van der Waals surface area contributed by atoms with Gasteiger partial charge in [-0.2, -0.15) is 13.2 Å². The summed E-state index contributed by atoms with van der Waals surface area (Å²) < 4.78 is 43.4. The van der Waals surface area contributed by atoms with Crippen molar-refractivity contribution < 1.29 is 22.7 Å². The van der Waals surface area contributed by atoms with Gasteiger partial charge in [-0.3, -0.25) is 4.79 Å². The van der Waals surface area contributed by atoms with Crippen LogP contribution in [0.2, 0.25) is 0 Å². The van der Waals surface area contributed by atoms with Crippen molar-refractivity contribution in [2.75, 3.05) is 26.2 Å². The van der Waals surface area contributed by atoms with Gasteiger partial charge in [0.2, 0.25) is 5.91 Å². The number of hydrogen-bond donors (Lipinski definition) is 1. The zero-order valence-corrected chi connectivity index (χ0v) is 15.3. The Morgan fingerprint density at radius 1 is 1.31 bits per heavy atom. The van der Waals surface area contributed by atoms with Crippen LogP contribution in [0.4, 0.5) is 13.2 Å². The van der Waals surface area contributed by atoms with Gasteiger partial charge in [0.15, 0.2) is 0 Å². The molecule has 0 unspecified atom stereocenters. The van der Waals surface area contributed by atoms with Gasteiger partial charge in [0.25, 0.3) is 0 Å². The summed E-state index contributed by atoms with van der Waals surface area (Å²) in [7, 11) is 0. The largest absolute Gasteiger partial charge is 0.494 e. The second kappa shape index (κ2) is 9.26. The number of hydrogen-bond acceptors (Lipinski definition) is 3. The molecule has 2 rings (SSSR count). The van der Waals surface area contributed by atoms with Gasteiger partial charge in [0.1, 0.15) is 5.75 Å². The molecule has 0 bridgehead atoms. The van der Waals surface area contributed by atoms with Crippen molar-refractivity contribution in [1.29, 1.82) is 0 Å². The number of halogens is 3. The van der Waals surface area contributed by atoms with E-state index in [2.05, 4.69) is 10.2 Å². The Bertz CT molecular complexity index is 582. The lowest BCUT2D eigenvalue weighted by Crippen LogP contribution is -2.46. The van der Waals surface area contributed by atoms with Crippen LogP contribution in [0.5, 0.6) is 5.75 Å². The Balaban J connectivity index is 1.65. The number of likely N-dealkylation sites (tertiary alicyclic amines) is 1. The lowest BCUT2D eigenvalue weighted by molar-refractivity contribution is -0.137. The Morgan fingerprint density at radius 3 is 2.62 bits per heavy atom. The standard InChI is InChI=1S/C19H27F3N2O2/c1-14(2)18(25)23-16-7-10-24(11-8-16)9-4-12-26-17-6-3-5-15(13-17)19(20,21)22/h3,5-6,13-14,16H,4,7-12H2,1-2H3,(H,23,25). The van der Waals surface area contributed by atoms with Gasteiger partial charge in [-0.25, -0.2) is 0 Å². The third-order valence-corrected chi connectivity index (χ3v) is 4.51. The van der Waals surface area contributed by atoms with Crippen LogP contribution in [0.25, 0.3) is 0 Å². The lowest BCUT2D eigenvalue weighted by Gasteiger charge is -2.32. The number of carbonyl (C=O) groups is 1. The van der Waals surface area contributed by atoms with Crippen molar-refractivity contribution in [1.82, 2.24) is 10.2 Å². The van der Waals surface area contributed by atoms with Crippen LogP contribution in [0, 0.1) is 5.92 Å². The molecule has 0 spiro atoms. The van der Waals surface area contributed by atoms with E-state index in [9.17, 15) is 18.0 Å². The molecule has 26 heavy (non-hydrogen) atoms. The van der Waals surface area contributed by atoms with E-state index in [0.717, 1.165) is 51.0 Å². The van der Waals surface area contributed by atoms with E-state index in [1.807, 2.05) is 13.8 Å². The van der Waals surface area contributed by atoms with Gasteiger partial charge >= 0.3 is 6.18 Å².